The third-order valence-corrected chi connectivity index (χ3v) is 5.73. The van der Waals surface area contributed by atoms with Gasteiger partial charge in [0.1, 0.15) is 5.75 Å². The lowest BCUT2D eigenvalue weighted by Gasteiger charge is -2.23. The second-order valence-electron chi connectivity index (χ2n) is 7.60. The van der Waals surface area contributed by atoms with Gasteiger partial charge in [-0.25, -0.2) is 4.79 Å². The zero-order chi connectivity index (χ0) is 20.0. The van der Waals surface area contributed by atoms with Crippen LogP contribution in [0.5, 0.6) is 5.75 Å². The van der Waals surface area contributed by atoms with Crippen LogP contribution in [0.2, 0.25) is 0 Å². The normalized spacial score (nSPS) is 18.4. The molecule has 1 fully saturated rings. The van der Waals surface area contributed by atoms with Crippen LogP contribution in [0.15, 0.2) is 23.0 Å². The van der Waals surface area contributed by atoms with Crippen molar-refractivity contribution in [1.29, 1.82) is 0 Å². The van der Waals surface area contributed by atoms with Crippen LogP contribution in [-0.4, -0.2) is 65.8 Å². The number of aromatic amines is 1. The van der Waals surface area contributed by atoms with Gasteiger partial charge in [0.25, 0.3) is 5.56 Å². The number of aromatic hydroxyl groups is 1. The second kappa shape index (κ2) is 6.87. The third-order valence-electron chi connectivity index (χ3n) is 5.73. The second-order valence-corrected chi connectivity index (χ2v) is 7.60. The highest BCUT2D eigenvalue weighted by atomic mass is 16.4. The van der Waals surface area contributed by atoms with Crippen molar-refractivity contribution < 1.29 is 15.0 Å². The van der Waals surface area contributed by atoms with Crippen LogP contribution >= 0.6 is 0 Å². The highest BCUT2D eigenvalue weighted by Gasteiger charge is 2.27. The number of carbonyl (C=O) groups is 1. The van der Waals surface area contributed by atoms with Crippen LogP contribution in [0.25, 0.3) is 11.3 Å². The number of hydrogen-bond acceptors (Lipinski definition) is 6. The molecule has 0 aliphatic carbocycles. The van der Waals surface area contributed by atoms with Gasteiger partial charge in [-0.15, -0.1) is 0 Å². The Hall–Kier alpha value is -3.00. The molecule has 0 bridgehead atoms. The summed E-state index contributed by atoms with van der Waals surface area (Å²) in [6.45, 7) is 2.47. The van der Waals surface area contributed by atoms with Gasteiger partial charge in [0.05, 0.1) is 5.69 Å². The van der Waals surface area contributed by atoms with Crippen LogP contribution in [0, 0.1) is 0 Å². The van der Waals surface area contributed by atoms with E-state index < -0.39 is 22.8 Å². The van der Waals surface area contributed by atoms with E-state index in [2.05, 4.69) is 40.3 Å². The summed E-state index contributed by atoms with van der Waals surface area (Å²) in [6.07, 6.45) is 1.52. The molecular formula is C20H24N4O4. The molecule has 1 atom stereocenters. The first kappa shape index (κ1) is 18.4. The number of pyridine rings is 1. The van der Waals surface area contributed by atoms with Crippen molar-refractivity contribution in [1.82, 2.24) is 9.88 Å². The number of carboxylic acids is 1. The first-order chi connectivity index (χ1) is 13.4. The first-order valence-electron chi connectivity index (χ1n) is 9.38. The zero-order valence-corrected chi connectivity index (χ0v) is 16.0. The number of H-pyrrole nitrogens is 1. The number of nitrogens with zero attached hydrogens (tertiary/aromatic N) is 2. The van der Waals surface area contributed by atoms with E-state index in [0.717, 1.165) is 36.4 Å². The van der Waals surface area contributed by atoms with Crippen molar-refractivity contribution in [3.63, 3.8) is 0 Å². The summed E-state index contributed by atoms with van der Waals surface area (Å²) in [6, 6.07) is 6.51. The number of nitrogens with one attached hydrogen (secondary N) is 2. The smallest absolute Gasteiger partial charge is 0.345 e. The van der Waals surface area contributed by atoms with E-state index in [0.29, 0.717) is 30.3 Å². The summed E-state index contributed by atoms with van der Waals surface area (Å²) >= 11 is 0. The maximum absolute atomic E-state index is 12.2. The van der Waals surface area contributed by atoms with Gasteiger partial charge >= 0.3 is 5.97 Å². The molecule has 1 saturated heterocycles. The number of fused-ring (bicyclic) bond motifs is 3. The van der Waals surface area contributed by atoms with Gasteiger partial charge in [0.15, 0.2) is 5.56 Å². The van der Waals surface area contributed by atoms with Gasteiger partial charge in [-0.2, -0.15) is 0 Å². The lowest BCUT2D eigenvalue weighted by atomic mass is 10.00. The molecule has 8 nitrogen and oxygen atoms in total. The molecule has 0 amide bonds. The SMILES string of the molecule is CN(C)C1CCN(c2ccc3c(c2)NCCc2c-3[nH]c(=O)c(C(=O)O)c2O)C1. The molecule has 0 saturated carbocycles. The first-order valence-corrected chi connectivity index (χ1v) is 9.38. The monoisotopic (exact) mass is 384 g/mol. The van der Waals surface area contributed by atoms with Crippen LogP contribution in [0.3, 0.4) is 0 Å². The molecule has 0 spiro atoms. The minimum atomic E-state index is -1.43. The lowest BCUT2D eigenvalue weighted by molar-refractivity contribution is 0.0691. The fourth-order valence-electron chi connectivity index (χ4n) is 4.11. The average Bonchev–Trinajstić information content (AvgIpc) is 3.06. The topological polar surface area (TPSA) is 109 Å². The molecule has 3 heterocycles. The Balaban J connectivity index is 1.76. The third kappa shape index (κ3) is 2.99. The standard InChI is InChI=1S/C20H24N4O4/c1-23(2)12-6-8-24(10-12)11-3-4-13-15(9-11)21-7-5-14-17(13)22-19(26)16(18(14)25)20(27)28/h3-4,9,12,21H,5-8,10H2,1-2H3,(H,27,28)(H2,22,25,26). The van der Waals surface area contributed by atoms with Gasteiger partial charge in [0.2, 0.25) is 0 Å². The van der Waals surface area contributed by atoms with Crippen molar-refractivity contribution in [3.8, 4) is 17.0 Å². The van der Waals surface area contributed by atoms with Gasteiger partial charge in [-0.3, -0.25) is 4.79 Å². The van der Waals surface area contributed by atoms with E-state index in [1.807, 2.05) is 12.1 Å². The number of aromatic nitrogens is 1. The highest BCUT2D eigenvalue weighted by Crippen LogP contribution is 2.38. The van der Waals surface area contributed by atoms with E-state index in [1.54, 1.807) is 0 Å². The number of benzene rings is 1. The summed E-state index contributed by atoms with van der Waals surface area (Å²) in [7, 11) is 4.19. The van der Waals surface area contributed by atoms with E-state index in [4.69, 9.17) is 0 Å². The largest absolute Gasteiger partial charge is 0.506 e. The Morgan fingerprint density at radius 3 is 2.79 bits per heavy atom. The fraction of sp³-hybridized carbons (Fsp3) is 0.400. The van der Waals surface area contributed by atoms with Crippen LogP contribution in [-0.2, 0) is 6.42 Å². The minimum absolute atomic E-state index is 0.411. The van der Waals surface area contributed by atoms with Gasteiger partial charge in [-0.05, 0) is 45.1 Å². The Bertz CT molecular complexity index is 998. The lowest BCUT2D eigenvalue weighted by Crippen LogP contribution is -2.31. The number of hydrogen-bond donors (Lipinski definition) is 4. The zero-order valence-electron chi connectivity index (χ0n) is 16.0. The van der Waals surface area contributed by atoms with Crippen molar-refractivity contribution in [3.05, 3.63) is 39.7 Å². The number of carboxylic acid groups (broad SMARTS) is 1. The number of anilines is 2. The quantitative estimate of drug-likeness (QED) is 0.636. The molecule has 1 unspecified atom stereocenters. The molecule has 148 valence electrons. The molecule has 4 rings (SSSR count). The molecule has 1 aromatic heterocycles. The van der Waals surface area contributed by atoms with Crippen LogP contribution in [0.4, 0.5) is 11.4 Å². The Morgan fingerprint density at radius 2 is 2.11 bits per heavy atom. The van der Waals surface area contributed by atoms with Gasteiger partial charge < -0.3 is 30.3 Å². The number of likely N-dealkylation sites (N-methyl/N-ethyl adjacent to an activating group) is 1. The summed E-state index contributed by atoms with van der Waals surface area (Å²) < 4.78 is 0. The predicted molar refractivity (Wildman–Crippen MR) is 108 cm³/mol. The van der Waals surface area contributed by atoms with Gasteiger partial charge in [-0.1, -0.05) is 0 Å². The molecule has 28 heavy (non-hydrogen) atoms. The van der Waals surface area contributed by atoms with Crippen molar-refractivity contribution >= 4 is 17.3 Å². The molecule has 4 N–H and O–H groups in total. The van der Waals surface area contributed by atoms with E-state index in [9.17, 15) is 19.8 Å². The van der Waals surface area contributed by atoms with Crippen molar-refractivity contribution in [2.24, 2.45) is 0 Å². The van der Waals surface area contributed by atoms with Crippen molar-refractivity contribution in [2.75, 3.05) is 43.9 Å². The minimum Gasteiger partial charge on any atom is -0.506 e. The Labute approximate surface area is 162 Å². The molecule has 1 aromatic carbocycles. The Kier molecular flexibility index (Phi) is 4.50. The molecular weight excluding hydrogens is 360 g/mol. The fourth-order valence-corrected chi connectivity index (χ4v) is 4.11. The maximum Gasteiger partial charge on any atom is 0.345 e. The van der Waals surface area contributed by atoms with E-state index >= 15 is 0 Å². The highest BCUT2D eigenvalue weighted by molar-refractivity contribution is 5.93. The summed E-state index contributed by atoms with van der Waals surface area (Å²) in [5.74, 6) is -1.88. The summed E-state index contributed by atoms with van der Waals surface area (Å²) in [5.41, 5.74) is 2.25. The predicted octanol–water partition coefficient (Wildman–Crippen LogP) is 1.55. The Morgan fingerprint density at radius 1 is 1.32 bits per heavy atom. The average molecular weight is 384 g/mol. The summed E-state index contributed by atoms with van der Waals surface area (Å²) in [5, 5.41) is 23.0. The molecule has 2 aromatic rings. The molecule has 0 radical (unpaired) electrons. The van der Waals surface area contributed by atoms with Gasteiger partial charge in [0, 0.05) is 48.2 Å². The van der Waals surface area contributed by atoms with Crippen LogP contribution in [0.1, 0.15) is 22.3 Å². The molecule has 8 heteroatoms. The van der Waals surface area contributed by atoms with Crippen LogP contribution < -0.4 is 15.8 Å². The van der Waals surface area contributed by atoms with Crippen molar-refractivity contribution in [2.45, 2.75) is 18.9 Å². The molecule has 2 aliphatic rings. The number of rotatable bonds is 3. The maximum atomic E-state index is 12.2. The van der Waals surface area contributed by atoms with E-state index in [-0.39, 0.29) is 0 Å². The summed E-state index contributed by atoms with van der Waals surface area (Å²) in [4.78, 5) is 30.8. The number of aromatic carboxylic acids is 1. The van der Waals surface area contributed by atoms with E-state index in [1.165, 1.54) is 0 Å². The molecule has 2 aliphatic heterocycles.